The van der Waals surface area contributed by atoms with E-state index in [1.807, 2.05) is 24.1 Å². The lowest BCUT2D eigenvalue weighted by Gasteiger charge is -1.96. The van der Waals surface area contributed by atoms with Crippen molar-refractivity contribution < 1.29 is 0 Å². The van der Waals surface area contributed by atoms with Crippen LogP contribution in [0, 0.1) is 0 Å². The van der Waals surface area contributed by atoms with Gasteiger partial charge in [-0.2, -0.15) is 5.10 Å². The van der Waals surface area contributed by atoms with Gasteiger partial charge in [0.05, 0.1) is 6.20 Å². The van der Waals surface area contributed by atoms with E-state index in [-0.39, 0.29) is 0 Å². The molecule has 0 aliphatic carbocycles. The van der Waals surface area contributed by atoms with E-state index >= 15 is 0 Å². The summed E-state index contributed by atoms with van der Waals surface area (Å²) in [7, 11) is 1.93. The van der Waals surface area contributed by atoms with Crippen LogP contribution in [0.15, 0.2) is 12.4 Å². The fourth-order valence-corrected chi connectivity index (χ4v) is 1.28. The summed E-state index contributed by atoms with van der Waals surface area (Å²) >= 11 is 3.48. The fourth-order valence-electron chi connectivity index (χ4n) is 0.902. The van der Waals surface area contributed by atoms with Crippen LogP contribution in [0.4, 0.5) is 0 Å². The van der Waals surface area contributed by atoms with E-state index in [2.05, 4.69) is 28.0 Å². The highest BCUT2D eigenvalue weighted by atomic mass is 79.9. The normalized spacial score (nSPS) is 13.5. The van der Waals surface area contributed by atoms with Crippen molar-refractivity contribution in [3.05, 3.63) is 18.0 Å². The molecule has 56 valence electrons. The monoisotopic (exact) mass is 202 g/mol. The first kappa shape index (κ1) is 7.79. The highest BCUT2D eigenvalue weighted by molar-refractivity contribution is 9.09. The van der Waals surface area contributed by atoms with Gasteiger partial charge in [-0.05, 0) is 12.0 Å². The molecule has 1 aromatic heterocycles. The first-order valence-electron chi connectivity index (χ1n) is 3.30. The molecule has 0 fully saturated rings. The van der Waals surface area contributed by atoms with Crippen molar-refractivity contribution >= 4 is 15.9 Å². The molecule has 1 rings (SSSR count). The zero-order chi connectivity index (χ0) is 7.56. The Labute approximate surface area is 69.4 Å². The van der Waals surface area contributed by atoms with Gasteiger partial charge in [0.1, 0.15) is 0 Å². The molecule has 0 bridgehead atoms. The molecule has 0 radical (unpaired) electrons. The smallest absolute Gasteiger partial charge is 0.0522 e. The van der Waals surface area contributed by atoms with Crippen molar-refractivity contribution in [2.24, 2.45) is 7.05 Å². The molecule has 0 spiro atoms. The quantitative estimate of drug-likeness (QED) is 0.669. The van der Waals surface area contributed by atoms with Gasteiger partial charge in [0, 0.05) is 18.1 Å². The lowest BCUT2D eigenvalue weighted by atomic mass is 10.2. The lowest BCUT2D eigenvalue weighted by molar-refractivity contribution is 0.766. The van der Waals surface area contributed by atoms with Gasteiger partial charge in [-0.15, -0.1) is 0 Å². The van der Waals surface area contributed by atoms with Crippen LogP contribution in [0.1, 0.15) is 12.5 Å². The predicted molar refractivity (Wildman–Crippen MR) is 45.3 cm³/mol. The topological polar surface area (TPSA) is 17.8 Å². The predicted octanol–water partition coefficient (Wildman–Crippen LogP) is 1.75. The van der Waals surface area contributed by atoms with Crippen molar-refractivity contribution in [1.82, 2.24) is 9.78 Å². The standard InChI is InChI=1S/C7H11BrN2/c1-6(8)3-7-4-9-10(2)5-7/h4-6H,3H2,1-2H3. The van der Waals surface area contributed by atoms with Gasteiger partial charge in [0.25, 0.3) is 0 Å². The highest BCUT2D eigenvalue weighted by Crippen LogP contribution is 2.07. The van der Waals surface area contributed by atoms with Crippen LogP contribution in [-0.4, -0.2) is 14.6 Å². The summed E-state index contributed by atoms with van der Waals surface area (Å²) in [5.41, 5.74) is 1.28. The Kier molecular flexibility index (Phi) is 2.49. The number of halogens is 1. The Morgan fingerprint density at radius 1 is 1.80 bits per heavy atom. The molecule has 0 saturated carbocycles. The zero-order valence-electron chi connectivity index (χ0n) is 6.21. The Morgan fingerprint density at radius 2 is 2.50 bits per heavy atom. The summed E-state index contributed by atoms with van der Waals surface area (Å²) in [5.74, 6) is 0. The third kappa shape index (κ3) is 2.14. The third-order valence-corrected chi connectivity index (χ3v) is 1.60. The van der Waals surface area contributed by atoms with Crippen LogP contribution < -0.4 is 0 Å². The maximum absolute atomic E-state index is 4.07. The highest BCUT2D eigenvalue weighted by Gasteiger charge is 1.99. The largest absolute Gasteiger partial charge is 0.276 e. The van der Waals surface area contributed by atoms with E-state index in [0.717, 1.165) is 6.42 Å². The average molecular weight is 203 g/mol. The molecule has 3 heteroatoms. The summed E-state index contributed by atoms with van der Waals surface area (Å²) < 4.78 is 1.82. The first-order chi connectivity index (χ1) is 4.68. The summed E-state index contributed by atoms with van der Waals surface area (Å²) in [6.07, 6.45) is 4.99. The molecule has 1 heterocycles. The summed E-state index contributed by atoms with van der Waals surface area (Å²) in [4.78, 5) is 0.539. The number of aryl methyl sites for hydroxylation is 1. The minimum Gasteiger partial charge on any atom is -0.276 e. The van der Waals surface area contributed by atoms with Gasteiger partial charge < -0.3 is 0 Å². The third-order valence-electron chi connectivity index (χ3n) is 1.28. The number of hydrogen-bond acceptors (Lipinski definition) is 1. The number of nitrogens with zero attached hydrogens (tertiary/aromatic N) is 2. The van der Waals surface area contributed by atoms with E-state index in [9.17, 15) is 0 Å². The van der Waals surface area contributed by atoms with Gasteiger partial charge in [-0.3, -0.25) is 4.68 Å². The number of hydrogen-bond donors (Lipinski definition) is 0. The molecular formula is C7H11BrN2. The van der Waals surface area contributed by atoms with Crippen LogP contribution in [0.2, 0.25) is 0 Å². The molecular weight excluding hydrogens is 192 g/mol. The van der Waals surface area contributed by atoms with E-state index in [1.165, 1.54) is 5.56 Å². The molecule has 0 N–H and O–H groups in total. The molecule has 1 atom stereocenters. The number of rotatable bonds is 2. The number of aromatic nitrogens is 2. The van der Waals surface area contributed by atoms with Crippen LogP contribution in [-0.2, 0) is 13.5 Å². The second kappa shape index (κ2) is 3.19. The Morgan fingerprint density at radius 3 is 2.90 bits per heavy atom. The molecule has 0 aliphatic rings. The summed E-state index contributed by atoms with van der Waals surface area (Å²) in [6.45, 7) is 2.13. The molecule has 0 aromatic carbocycles. The van der Waals surface area contributed by atoms with E-state index in [1.54, 1.807) is 0 Å². The molecule has 0 saturated heterocycles. The van der Waals surface area contributed by atoms with Crippen molar-refractivity contribution in [3.63, 3.8) is 0 Å². The Hall–Kier alpha value is -0.310. The van der Waals surface area contributed by atoms with Crippen molar-refractivity contribution in [3.8, 4) is 0 Å². The lowest BCUT2D eigenvalue weighted by Crippen LogP contribution is -1.94. The minimum atomic E-state index is 0.539. The van der Waals surface area contributed by atoms with Gasteiger partial charge in [-0.1, -0.05) is 22.9 Å². The number of alkyl halides is 1. The molecule has 1 unspecified atom stereocenters. The van der Waals surface area contributed by atoms with Crippen LogP contribution in [0.5, 0.6) is 0 Å². The van der Waals surface area contributed by atoms with E-state index in [0.29, 0.717) is 4.83 Å². The van der Waals surface area contributed by atoms with Gasteiger partial charge in [0.2, 0.25) is 0 Å². The Bertz CT molecular complexity index is 205. The van der Waals surface area contributed by atoms with Crippen molar-refractivity contribution in [1.29, 1.82) is 0 Å². The molecule has 10 heavy (non-hydrogen) atoms. The van der Waals surface area contributed by atoms with Crippen molar-refractivity contribution in [2.75, 3.05) is 0 Å². The van der Waals surface area contributed by atoms with Crippen LogP contribution >= 0.6 is 15.9 Å². The Balaban J connectivity index is 2.58. The van der Waals surface area contributed by atoms with E-state index in [4.69, 9.17) is 0 Å². The van der Waals surface area contributed by atoms with Crippen LogP contribution in [0.25, 0.3) is 0 Å². The molecule has 1 aromatic rings. The molecule has 0 amide bonds. The van der Waals surface area contributed by atoms with Gasteiger partial charge in [-0.25, -0.2) is 0 Å². The molecule has 2 nitrogen and oxygen atoms in total. The van der Waals surface area contributed by atoms with Gasteiger partial charge >= 0.3 is 0 Å². The fraction of sp³-hybridized carbons (Fsp3) is 0.571. The maximum atomic E-state index is 4.07. The average Bonchev–Trinajstić information content (AvgIpc) is 2.13. The van der Waals surface area contributed by atoms with Crippen LogP contribution in [0.3, 0.4) is 0 Å². The second-order valence-corrected chi connectivity index (χ2v) is 4.07. The van der Waals surface area contributed by atoms with Gasteiger partial charge in [0.15, 0.2) is 0 Å². The summed E-state index contributed by atoms with van der Waals surface area (Å²) in [6, 6.07) is 0. The maximum Gasteiger partial charge on any atom is 0.0522 e. The van der Waals surface area contributed by atoms with E-state index < -0.39 is 0 Å². The first-order valence-corrected chi connectivity index (χ1v) is 4.21. The molecule has 0 aliphatic heterocycles. The zero-order valence-corrected chi connectivity index (χ0v) is 7.80. The second-order valence-electron chi connectivity index (χ2n) is 2.51. The minimum absolute atomic E-state index is 0.539. The van der Waals surface area contributed by atoms with Crippen molar-refractivity contribution in [2.45, 2.75) is 18.2 Å². The SMILES string of the molecule is CC(Br)Cc1cnn(C)c1. The summed E-state index contributed by atoms with van der Waals surface area (Å²) in [5, 5.41) is 4.07.